The second-order valence-electron chi connectivity index (χ2n) is 6.28. The lowest BCUT2D eigenvalue weighted by atomic mass is 10.00. The summed E-state index contributed by atoms with van der Waals surface area (Å²) in [6.45, 7) is 4.31. The van der Waals surface area contributed by atoms with Crippen LogP contribution >= 0.6 is 11.8 Å². The second kappa shape index (κ2) is 6.94. The van der Waals surface area contributed by atoms with Crippen LogP contribution in [-0.2, 0) is 19.6 Å². The molecule has 0 radical (unpaired) electrons. The van der Waals surface area contributed by atoms with Crippen molar-refractivity contribution in [2.45, 2.75) is 37.6 Å². The van der Waals surface area contributed by atoms with Crippen LogP contribution in [0.3, 0.4) is 0 Å². The van der Waals surface area contributed by atoms with E-state index in [1.165, 1.54) is 12.8 Å². The molecule has 24 heavy (non-hydrogen) atoms. The summed E-state index contributed by atoms with van der Waals surface area (Å²) in [5.74, 6) is 1.43. The molecule has 4 heterocycles. The highest BCUT2D eigenvalue weighted by atomic mass is 32.2. The maximum Gasteiger partial charge on any atom is 0.273 e. The van der Waals surface area contributed by atoms with Crippen LogP contribution in [-0.4, -0.2) is 49.3 Å². The summed E-state index contributed by atoms with van der Waals surface area (Å²) in [5.41, 5.74) is 1.24. The Hall–Kier alpha value is -1.87. The number of amides is 1. The van der Waals surface area contributed by atoms with Crippen molar-refractivity contribution < 1.29 is 4.79 Å². The van der Waals surface area contributed by atoms with Gasteiger partial charge in [0, 0.05) is 25.0 Å². The first-order valence-corrected chi connectivity index (χ1v) is 9.34. The predicted molar refractivity (Wildman–Crippen MR) is 89.7 cm³/mol. The van der Waals surface area contributed by atoms with E-state index in [1.54, 1.807) is 22.6 Å². The maximum atomic E-state index is 12.2. The predicted octanol–water partition coefficient (Wildman–Crippen LogP) is 0.510. The molecule has 4 rings (SSSR count). The SMILES string of the molecule is O=C(NCc1cn2c(n1)SCC2)c1cn(C[C@@H]2CCCNC2)nn1. The summed E-state index contributed by atoms with van der Waals surface area (Å²) in [6.07, 6.45) is 6.12. The first-order valence-electron chi connectivity index (χ1n) is 8.36. The number of carbonyl (C=O) groups excluding carboxylic acids is 1. The Labute approximate surface area is 144 Å². The van der Waals surface area contributed by atoms with Crippen molar-refractivity contribution in [2.24, 2.45) is 5.92 Å². The average molecular weight is 347 g/mol. The van der Waals surface area contributed by atoms with E-state index >= 15 is 0 Å². The smallest absolute Gasteiger partial charge is 0.273 e. The molecular weight excluding hydrogens is 326 g/mol. The zero-order chi connectivity index (χ0) is 16.4. The van der Waals surface area contributed by atoms with Gasteiger partial charge in [-0.1, -0.05) is 17.0 Å². The molecule has 1 fully saturated rings. The molecule has 0 spiro atoms. The molecule has 1 saturated heterocycles. The number of carbonyl (C=O) groups is 1. The minimum atomic E-state index is -0.205. The van der Waals surface area contributed by atoms with Gasteiger partial charge in [0.1, 0.15) is 0 Å². The summed E-state index contributed by atoms with van der Waals surface area (Å²) in [5, 5.41) is 15.4. The molecule has 0 aromatic carbocycles. The third-order valence-electron chi connectivity index (χ3n) is 4.40. The molecule has 1 atom stereocenters. The molecule has 0 saturated carbocycles. The Balaban J connectivity index is 1.31. The lowest BCUT2D eigenvalue weighted by Gasteiger charge is -2.22. The molecule has 8 nitrogen and oxygen atoms in total. The zero-order valence-electron chi connectivity index (χ0n) is 13.4. The fraction of sp³-hybridized carbons (Fsp3) is 0.600. The molecule has 0 bridgehead atoms. The van der Waals surface area contributed by atoms with Crippen LogP contribution in [0.25, 0.3) is 0 Å². The minimum Gasteiger partial charge on any atom is -0.345 e. The zero-order valence-corrected chi connectivity index (χ0v) is 14.3. The standard InChI is InChI=1S/C15H21N7OS/c23-14(17-7-12-9-21-4-5-24-15(21)18-12)13-10-22(20-19-13)8-11-2-1-3-16-6-11/h9-11,16H,1-8H2,(H,17,23)/t11-/m1/s1. The molecule has 0 unspecified atom stereocenters. The number of piperidine rings is 1. The topological polar surface area (TPSA) is 89.7 Å². The van der Waals surface area contributed by atoms with Gasteiger partial charge in [0.05, 0.1) is 18.4 Å². The van der Waals surface area contributed by atoms with Crippen LogP contribution in [0.2, 0.25) is 0 Å². The van der Waals surface area contributed by atoms with Crippen LogP contribution in [0.1, 0.15) is 29.0 Å². The summed E-state index contributed by atoms with van der Waals surface area (Å²) in [7, 11) is 0. The van der Waals surface area contributed by atoms with Crippen molar-refractivity contribution in [3.8, 4) is 0 Å². The highest BCUT2D eigenvalue weighted by Gasteiger charge is 2.18. The average Bonchev–Trinajstić information content (AvgIpc) is 3.29. The Bertz CT molecular complexity index is 698. The van der Waals surface area contributed by atoms with Crippen molar-refractivity contribution >= 4 is 17.7 Å². The van der Waals surface area contributed by atoms with E-state index < -0.39 is 0 Å². The second-order valence-corrected chi connectivity index (χ2v) is 7.34. The Morgan fingerprint density at radius 1 is 1.46 bits per heavy atom. The van der Waals surface area contributed by atoms with E-state index in [9.17, 15) is 4.79 Å². The highest BCUT2D eigenvalue weighted by molar-refractivity contribution is 7.99. The van der Waals surface area contributed by atoms with E-state index in [2.05, 4.69) is 30.5 Å². The molecule has 0 aliphatic carbocycles. The van der Waals surface area contributed by atoms with E-state index in [0.29, 0.717) is 18.2 Å². The Kier molecular flexibility index (Phi) is 4.52. The van der Waals surface area contributed by atoms with Crippen molar-refractivity contribution in [3.63, 3.8) is 0 Å². The summed E-state index contributed by atoms with van der Waals surface area (Å²) in [6, 6.07) is 0. The van der Waals surface area contributed by atoms with Crippen molar-refractivity contribution in [2.75, 3.05) is 18.8 Å². The third kappa shape index (κ3) is 3.46. The Morgan fingerprint density at radius 2 is 2.42 bits per heavy atom. The molecular formula is C15H21N7OS. The molecule has 2 N–H and O–H groups in total. The number of hydrogen-bond donors (Lipinski definition) is 2. The molecule has 9 heteroatoms. The van der Waals surface area contributed by atoms with Gasteiger partial charge in [-0.05, 0) is 31.8 Å². The number of aryl methyl sites for hydroxylation is 1. The molecule has 128 valence electrons. The van der Waals surface area contributed by atoms with Crippen LogP contribution in [0.4, 0.5) is 0 Å². The van der Waals surface area contributed by atoms with E-state index in [0.717, 1.165) is 42.8 Å². The number of nitrogens with zero attached hydrogens (tertiary/aromatic N) is 5. The lowest BCUT2D eigenvalue weighted by molar-refractivity contribution is 0.0945. The van der Waals surface area contributed by atoms with Gasteiger partial charge in [-0.25, -0.2) is 4.98 Å². The minimum absolute atomic E-state index is 0.205. The molecule has 1 amide bonds. The monoisotopic (exact) mass is 347 g/mol. The number of rotatable bonds is 5. The number of thioether (sulfide) groups is 1. The number of nitrogens with one attached hydrogen (secondary N) is 2. The van der Waals surface area contributed by atoms with Gasteiger partial charge in [-0.15, -0.1) is 5.10 Å². The van der Waals surface area contributed by atoms with Gasteiger partial charge >= 0.3 is 0 Å². The summed E-state index contributed by atoms with van der Waals surface area (Å²) < 4.78 is 3.90. The van der Waals surface area contributed by atoms with E-state index in [1.807, 2.05) is 6.20 Å². The van der Waals surface area contributed by atoms with E-state index in [4.69, 9.17) is 0 Å². The number of imidazole rings is 1. The molecule has 2 aliphatic heterocycles. The summed E-state index contributed by atoms with van der Waals surface area (Å²) >= 11 is 1.75. The first kappa shape index (κ1) is 15.6. The van der Waals surface area contributed by atoms with Gasteiger partial charge in [0.25, 0.3) is 5.91 Å². The van der Waals surface area contributed by atoms with E-state index in [-0.39, 0.29) is 5.91 Å². The number of fused-ring (bicyclic) bond motifs is 1. The molecule has 2 aromatic heterocycles. The summed E-state index contributed by atoms with van der Waals surface area (Å²) in [4.78, 5) is 16.7. The van der Waals surface area contributed by atoms with Crippen LogP contribution in [0.5, 0.6) is 0 Å². The van der Waals surface area contributed by atoms with Gasteiger partial charge in [0.2, 0.25) is 0 Å². The van der Waals surface area contributed by atoms with Crippen LogP contribution in [0, 0.1) is 5.92 Å². The number of hydrogen-bond acceptors (Lipinski definition) is 6. The first-order chi connectivity index (χ1) is 11.8. The van der Waals surface area contributed by atoms with Crippen molar-refractivity contribution in [1.82, 2.24) is 35.2 Å². The molecule has 2 aliphatic rings. The quantitative estimate of drug-likeness (QED) is 0.819. The largest absolute Gasteiger partial charge is 0.345 e. The van der Waals surface area contributed by atoms with Gasteiger partial charge in [-0.2, -0.15) is 0 Å². The fourth-order valence-corrected chi connectivity index (χ4v) is 4.11. The highest BCUT2D eigenvalue weighted by Crippen LogP contribution is 2.24. The normalized spacial score (nSPS) is 20.1. The third-order valence-corrected chi connectivity index (χ3v) is 5.37. The van der Waals surface area contributed by atoms with Crippen LogP contribution in [0.15, 0.2) is 17.6 Å². The fourth-order valence-electron chi connectivity index (χ4n) is 3.14. The Morgan fingerprint density at radius 3 is 3.25 bits per heavy atom. The van der Waals surface area contributed by atoms with Gasteiger partial charge in [0.15, 0.2) is 10.9 Å². The van der Waals surface area contributed by atoms with Crippen LogP contribution < -0.4 is 10.6 Å². The maximum absolute atomic E-state index is 12.2. The number of aromatic nitrogens is 5. The van der Waals surface area contributed by atoms with Crippen molar-refractivity contribution in [3.05, 3.63) is 23.8 Å². The van der Waals surface area contributed by atoms with Gasteiger partial charge < -0.3 is 15.2 Å². The van der Waals surface area contributed by atoms with Gasteiger partial charge in [-0.3, -0.25) is 9.48 Å². The lowest BCUT2D eigenvalue weighted by Crippen LogP contribution is -2.32. The molecule has 2 aromatic rings. The van der Waals surface area contributed by atoms with Crippen molar-refractivity contribution in [1.29, 1.82) is 0 Å².